The fourth-order valence-electron chi connectivity index (χ4n) is 4.78. The Hall–Kier alpha value is -2.82. The van der Waals surface area contributed by atoms with Gasteiger partial charge in [0.25, 0.3) is 0 Å². The van der Waals surface area contributed by atoms with Crippen LogP contribution in [0.5, 0.6) is 0 Å². The number of furan rings is 1. The molecule has 2 saturated heterocycles. The summed E-state index contributed by atoms with van der Waals surface area (Å²) in [6.07, 6.45) is 4.52. The van der Waals surface area contributed by atoms with Crippen molar-refractivity contribution in [3.8, 4) is 18.2 Å². The predicted molar refractivity (Wildman–Crippen MR) is 79.8 cm³/mol. The van der Waals surface area contributed by atoms with Crippen LogP contribution >= 0.6 is 0 Å². The standard InChI is InChI=1S/C17H15N5O2/c18-8-15(9-19)13(11-4-3-7-23-11)22-17-6-2-1-5-12(17)16(15,10-20)14(21)24-17/h3-4,7,12-13,21-22H,1-2,5-6H2/t12-,13+,16+,17-/m1/s1. The molecule has 2 aliphatic heterocycles. The first-order valence-corrected chi connectivity index (χ1v) is 7.93. The number of rotatable bonds is 1. The summed E-state index contributed by atoms with van der Waals surface area (Å²) in [7, 11) is 0. The van der Waals surface area contributed by atoms with Crippen molar-refractivity contribution in [2.24, 2.45) is 16.7 Å². The van der Waals surface area contributed by atoms with Gasteiger partial charge in [-0.2, -0.15) is 15.8 Å². The zero-order chi connectivity index (χ0) is 17.0. The molecule has 120 valence electrons. The molecule has 0 spiro atoms. The fraction of sp³-hybridized carbons (Fsp3) is 0.529. The highest BCUT2D eigenvalue weighted by atomic mass is 16.5. The molecule has 0 unspecified atom stereocenters. The first kappa shape index (κ1) is 14.8. The average molecular weight is 321 g/mol. The topological polar surface area (TPSA) is 130 Å². The quantitative estimate of drug-likeness (QED) is 0.816. The van der Waals surface area contributed by atoms with Crippen LogP contribution in [0.15, 0.2) is 22.8 Å². The van der Waals surface area contributed by atoms with E-state index < -0.39 is 28.5 Å². The molecule has 4 atom stereocenters. The number of nitrogens with one attached hydrogen (secondary N) is 2. The average Bonchev–Trinajstić information content (AvgIpc) is 3.19. The second kappa shape index (κ2) is 4.60. The molecule has 3 aliphatic rings. The number of nitriles is 3. The van der Waals surface area contributed by atoms with Gasteiger partial charge in [-0.3, -0.25) is 10.7 Å². The maximum absolute atomic E-state index is 10.1. The third-order valence-electron chi connectivity index (χ3n) is 5.82. The molecule has 0 aromatic carbocycles. The summed E-state index contributed by atoms with van der Waals surface area (Å²) in [5, 5.41) is 41.7. The van der Waals surface area contributed by atoms with Crippen molar-refractivity contribution in [2.75, 3.05) is 0 Å². The zero-order valence-corrected chi connectivity index (χ0v) is 12.9. The van der Waals surface area contributed by atoms with Crippen LogP contribution < -0.4 is 5.32 Å². The van der Waals surface area contributed by atoms with Gasteiger partial charge in [0.05, 0.1) is 24.5 Å². The number of ether oxygens (including phenoxy) is 1. The summed E-state index contributed by atoms with van der Waals surface area (Å²) in [5.41, 5.74) is -4.28. The van der Waals surface area contributed by atoms with Crippen LogP contribution in [0.2, 0.25) is 0 Å². The minimum absolute atomic E-state index is 0.276. The number of piperidine rings is 1. The van der Waals surface area contributed by atoms with E-state index in [0.717, 1.165) is 12.8 Å². The fourth-order valence-corrected chi connectivity index (χ4v) is 4.78. The molecule has 1 saturated carbocycles. The second-order valence-electron chi connectivity index (χ2n) is 6.66. The first-order chi connectivity index (χ1) is 11.6. The lowest BCUT2D eigenvalue weighted by atomic mass is 9.50. The van der Waals surface area contributed by atoms with Crippen LogP contribution in [0.1, 0.15) is 37.5 Å². The van der Waals surface area contributed by atoms with Crippen molar-refractivity contribution in [1.82, 2.24) is 5.32 Å². The maximum Gasteiger partial charge on any atom is 0.206 e. The van der Waals surface area contributed by atoms with Gasteiger partial charge in [-0.05, 0) is 25.0 Å². The van der Waals surface area contributed by atoms with Crippen molar-refractivity contribution >= 4 is 5.90 Å². The SMILES string of the molecule is N#CC1(C#N)[C@H](c2ccco2)N[C@@]23CCCC[C@@H]2[C@@]1(C#N)C(=N)O3. The minimum atomic E-state index is -1.79. The van der Waals surface area contributed by atoms with Crippen LogP contribution in [0.3, 0.4) is 0 Å². The van der Waals surface area contributed by atoms with E-state index in [1.165, 1.54) is 6.26 Å². The van der Waals surface area contributed by atoms with Gasteiger partial charge in [0.2, 0.25) is 5.90 Å². The van der Waals surface area contributed by atoms with Gasteiger partial charge >= 0.3 is 0 Å². The molecule has 2 bridgehead atoms. The van der Waals surface area contributed by atoms with E-state index in [-0.39, 0.29) is 5.90 Å². The van der Waals surface area contributed by atoms with E-state index >= 15 is 0 Å². The van der Waals surface area contributed by atoms with Crippen molar-refractivity contribution in [3.05, 3.63) is 24.2 Å². The lowest BCUT2D eigenvalue weighted by Gasteiger charge is -2.51. The molecule has 0 amide bonds. The summed E-state index contributed by atoms with van der Waals surface area (Å²) in [6, 6.07) is 8.79. The number of hydrogen-bond acceptors (Lipinski definition) is 7. The molecule has 4 rings (SSSR count). The molecule has 1 aromatic heterocycles. The lowest BCUT2D eigenvalue weighted by molar-refractivity contribution is -0.0977. The van der Waals surface area contributed by atoms with Crippen molar-refractivity contribution in [2.45, 2.75) is 37.5 Å². The van der Waals surface area contributed by atoms with Crippen molar-refractivity contribution < 1.29 is 9.15 Å². The van der Waals surface area contributed by atoms with Gasteiger partial charge in [0.15, 0.2) is 16.6 Å². The highest BCUT2D eigenvalue weighted by Gasteiger charge is 2.79. The molecule has 7 heteroatoms. The van der Waals surface area contributed by atoms with Crippen LogP contribution in [0.25, 0.3) is 0 Å². The Bertz CT molecular complexity index is 813. The summed E-state index contributed by atoms with van der Waals surface area (Å²) in [5.74, 6) is -0.275. The normalized spacial score (nSPS) is 39.0. The third kappa shape index (κ3) is 1.36. The van der Waals surface area contributed by atoms with E-state index in [1.54, 1.807) is 12.1 Å². The largest absolute Gasteiger partial charge is 0.468 e. The molecule has 24 heavy (non-hydrogen) atoms. The Balaban J connectivity index is 2.02. The number of nitrogens with zero attached hydrogens (tertiary/aromatic N) is 3. The number of hydrogen-bond donors (Lipinski definition) is 2. The van der Waals surface area contributed by atoms with Crippen LogP contribution in [-0.4, -0.2) is 11.6 Å². The molecular weight excluding hydrogens is 306 g/mol. The van der Waals surface area contributed by atoms with Crippen LogP contribution in [-0.2, 0) is 4.74 Å². The van der Waals surface area contributed by atoms with Gasteiger partial charge in [-0.25, -0.2) is 0 Å². The Morgan fingerprint density at radius 2 is 2.00 bits per heavy atom. The van der Waals surface area contributed by atoms with Gasteiger partial charge in [0.1, 0.15) is 11.8 Å². The van der Waals surface area contributed by atoms with Gasteiger partial charge in [-0.1, -0.05) is 6.42 Å². The third-order valence-corrected chi connectivity index (χ3v) is 5.82. The molecule has 3 fully saturated rings. The molecule has 3 heterocycles. The second-order valence-corrected chi connectivity index (χ2v) is 6.66. The highest BCUT2D eigenvalue weighted by molar-refractivity contribution is 5.89. The monoisotopic (exact) mass is 321 g/mol. The van der Waals surface area contributed by atoms with E-state index in [2.05, 4.69) is 23.5 Å². The summed E-state index contributed by atoms with van der Waals surface area (Å²) >= 11 is 0. The van der Waals surface area contributed by atoms with Gasteiger partial charge in [0, 0.05) is 12.3 Å². The van der Waals surface area contributed by atoms with E-state index in [1.807, 2.05) is 0 Å². The Morgan fingerprint density at radius 3 is 2.62 bits per heavy atom. The van der Waals surface area contributed by atoms with E-state index in [0.29, 0.717) is 18.6 Å². The molecular formula is C17H15N5O2. The highest BCUT2D eigenvalue weighted by Crippen LogP contribution is 2.66. The van der Waals surface area contributed by atoms with Gasteiger partial charge < -0.3 is 9.15 Å². The molecule has 7 nitrogen and oxygen atoms in total. The zero-order valence-electron chi connectivity index (χ0n) is 12.9. The summed E-state index contributed by atoms with van der Waals surface area (Å²) in [4.78, 5) is 0. The van der Waals surface area contributed by atoms with Crippen LogP contribution in [0, 0.1) is 56.2 Å². The minimum Gasteiger partial charge on any atom is -0.468 e. The molecule has 1 aromatic rings. The smallest absolute Gasteiger partial charge is 0.206 e. The van der Waals surface area contributed by atoms with E-state index in [9.17, 15) is 15.8 Å². The Morgan fingerprint density at radius 1 is 1.21 bits per heavy atom. The van der Waals surface area contributed by atoms with Crippen molar-refractivity contribution in [1.29, 1.82) is 21.2 Å². The molecule has 1 aliphatic carbocycles. The van der Waals surface area contributed by atoms with E-state index in [4.69, 9.17) is 14.6 Å². The lowest BCUT2D eigenvalue weighted by Crippen LogP contribution is -2.66. The molecule has 2 N–H and O–H groups in total. The maximum atomic E-state index is 10.1. The van der Waals surface area contributed by atoms with Gasteiger partial charge in [-0.15, -0.1) is 0 Å². The van der Waals surface area contributed by atoms with Crippen molar-refractivity contribution in [3.63, 3.8) is 0 Å². The summed E-state index contributed by atoms with van der Waals surface area (Å²) in [6.45, 7) is 0. The molecule has 0 radical (unpaired) electrons. The Kier molecular flexibility index (Phi) is 2.83. The summed E-state index contributed by atoms with van der Waals surface area (Å²) < 4.78 is 11.3. The Labute approximate surface area is 138 Å². The predicted octanol–water partition coefficient (Wildman–Crippen LogP) is 2.36. The first-order valence-electron chi connectivity index (χ1n) is 7.93. The van der Waals surface area contributed by atoms with Crippen LogP contribution in [0.4, 0.5) is 0 Å².